The second kappa shape index (κ2) is 4.20. The molecular formula is C9H6ClF2N. The highest BCUT2D eigenvalue weighted by molar-refractivity contribution is 6.30. The minimum Gasteiger partial charge on any atom is -0.205 e. The Labute approximate surface area is 79.6 Å². The van der Waals surface area contributed by atoms with Crippen LogP contribution in [0.15, 0.2) is 18.2 Å². The van der Waals surface area contributed by atoms with Gasteiger partial charge in [0.05, 0.1) is 12.5 Å². The molecule has 0 saturated carbocycles. The van der Waals surface area contributed by atoms with Crippen LogP contribution in [0.1, 0.15) is 17.6 Å². The zero-order valence-corrected chi connectivity index (χ0v) is 7.35. The Morgan fingerprint density at radius 3 is 2.69 bits per heavy atom. The third kappa shape index (κ3) is 2.40. The van der Waals surface area contributed by atoms with Gasteiger partial charge in [-0.15, -0.1) is 0 Å². The maximum absolute atomic E-state index is 12.3. The number of nitriles is 1. The fourth-order valence-corrected chi connectivity index (χ4v) is 1.22. The van der Waals surface area contributed by atoms with Gasteiger partial charge in [0.25, 0.3) is 6.43 Å². The van der Waals surface area contributed by atoms with Crippen molar-refractivity contribution in [1.82, 2.24) is 0 Å². The van der Waals surface area contributed by atoms with Gasteiger partial charge in [0, 0.05) is 10.6 Å². The first kappa shape index (κ1) is 9.94. The fourth-order valence-electron chi connectivity index (χ4n) is 1.03. The van der Waals surface area contributed by atoms with Crippen LogP contribution in [0.2, 0.25) is 5.02 Å². The predicted molar refractivity (Wildman–Crippen MR) is 45.7 cm³/mol. The van der Waals surface area contributed by atoms with E-state index >= 15 is 0 Å². The second-order valence-corrected chi connectivity index (χ2v) is 2.92. The molecule has 68 valence electrons. The van der Waals surface area contributed by atoms with Crippen molar-refractivity contribution in [3.8, 4) is 6.07 Å². The van der Waals surface area contributed by atoms with E-state index in [1.807, 2.05) is 6.07 Å². The van der Waals surface area contributed by atoms with Crippen molar-refractivity contribution in [3.05, 3.63) is 34.3 Å². The Balaban J connectivity index is 3.12. The molecule has 0 heterocycles. The number of benzene rings is 1. The summed E-state index contributed by atoms with van der Waals surface area (Å²) in [7, 11) is 0. The van der Waals surface area contributed by atoms with Crippen molar-refractivity contribution in [2.45, 2.75) is 12.8 Å². The zero-order chi connectivity index (χ0) is 9.84. The number of alkyl halides is 2. The molecule has 0 atom stereocenters. The minimum absolute atomic E-state index is 0.0414. The highest BCUT2D eigenvalue weighted by Crippen LogP contribution is 2.25. The lowest BCUT2D eigenvalue weighted by atomic mass is 10.1. The quantitative estimate of drug-likeness (QED) is 0.720. The van der Waals surface area contributed by atoms with Crippen molar-refractivity contribution in [3.63, 3.8) is 0 Å². The summed E-state index contributed by atoms with van der Waals surface area (Å²) in [5.74, 6) is 0. The molecular weight excluding hydrogens is 196 g/mol. The average molecular weight is 202 g/mol. The van der Waals surface area contributed by atoms with Crippen molar-refractivity contribution in [2.24, 2.45) is 0 Å². The molecule has 0 radical (unpaired) electrons. The van der Waals surface area contributed by atoms with E-state index < -0.39 is 6.43 Å². The van der Waals surface area contributed by atoms with E-state index in [2.05, 4.69) is 0 Å². The molecule has 0 aliphatic carbocycles. The van der Waals surface area contributed by atoms with Gasteiger partial charge in [0.15, 0.2) is 0 Å². The number of rotatable bonds is 2. The van der Waals surface area contributed by atoms with Crippen molar-refractivity contribution in [1.29, 1.82) is 5.26 Å². The highest BCUT2D eigenvalue weighted by atomic mass is 35.5. The molecule has 0 saturated heterocycles. The third-order valence-corrected chi connectivity index (χ3v) is 1.84. The van der Waals surface area contributed by atoms with Gasteiger partial charge in [-0.25, -0.2) is 8.78 Å². The first-order valence-electron chi connectivity index (χ1n) is 3.58. The summed E-state index contributed by atoms with van der Waals surface area (Å²) < 4.78 is 24.7. The second-order valence-electron chi connectivity index (χ2n) is 2.48. The van der Waals surface area contributed by atoms with Gasteiger partial charge in [-0.05, 0) is 17.7 Å². The first-order valence-corrected chi connectivity index (χ1v) is 3.96. The predicted octanol–water partition coefficient (Wildman–Crippen LogP) is 3.34. The van der Waals surface area contributed by atoms with Crippen LogP contribution in [0.5, 0.6) is 0 Å². The summed E-state index contributed by atoms with van der Waals surface area (Å²) >= 11 is 5.60. The van der Waals surface area contributed by atoms with Crippen molar-refractivity contribution >= 4 is 11.6 Å². The lowest BCUT2D eigenvalue weighted by Crippen LogP contribution is -1.93. The molecule has 1 rings (SSSR count). The molecule has 0 aliphatic rings. The van der Waals surface area contributed by atoms with Gasteiger partial charge in [-0.2, -0.15) is 5.26 Å². The van der Waals surface area contributed by atoms with Crippen LogP contribution in [0.4, 0.5) is 8.78 Å². The molecule has 1 aromatic rings. The SMILES string of the molecule is N#CCc1cc(Cl)ccc1C(F)F. The molecule has 0 amide bonds. The molecule has 0 bridgehead atoms. The highest BCUT2D eigenvalue weighted by Gasteiger charge is 2.12. The van der Waals surface area contributed by atoms with E-state index in [4.69, 9.17) is 16.9 Å². The Hall–Kier alpha value is -1.14. The molecule has 0 unspecified atom stereocenters. The normalized spacial score (nSPS) is 10.1. The zero-order valence-electron chi connectivity index (χ0n) is 6.60. The molecule has 0 N–H and O–H groups in total. The van der Waals surface area contributed by atoms with E-state index in [1.165, 1.54) is 18.2 Å². The summed E-state index contributed by atoms with van der Waals surface area (Å²) in [5.41, 5.74) is 0.177. The van der Waals surface area contributed by atoms with E-state index in [9.17, 15) is 8.78 Å². The van der Waals surface area contributed by atoms with E-state index in [1.54, 1.807) is 0 Å². The molecule has 0 spiro atoms. The standard InChI is InChI=1S/C9H6ClF2N/c10-7-1-2-8(9(11)12)6(5-7)3-4-13/h1-2,5,9H,3H2. The summed E-state index contributed by atoms with van der Waals surface area (Å²) in [6, 6.07) is 5.85. The smallest absolute Gasteiger partial charge is 0.205 e. The van der Waals surface area contributed by atoms with Gasteiger partial charge >= 0.3 is 0 Å². The van der Waals surface area contributed by atoms with Crippen LogP contribution in [0.25, 0.3) is 0 Å². The van der Waals surface area contributed by atoms with Crippen LogP contribution in [-0.4, -0.2) is 0 Å². The van der Waals surface area contributed by atoms with Crippen LogP contribution in [0.3, 0.4) is 0 Å². The van der Waals surface area contributed by atoms with Crippen LogP contribution in [0, 0.1) is 11.3 Å². The van der Waals surface area contributed by atoms with Crippen LogP contribution in [-0.2, 0) is 6.42 Å². The Morgan fingerprint density at radius 2 is 2.15 bits per heavy atom. The average Bonchev–Trinajstić information content (AvgIpc) is 2.04. The van der Waals surface area contributed by atoms with E-state index in [0.29, 0.717) is 10.6 Å². The lowest BCUT2D eigenvalue weighted by molar-refractivity contribution is 0.150. The molecule has 1 aromatic carbocycles. The van der Waals surface area contributed by atoms with Gasteiger partial charge < -0.3 is 0 Å². The fraction of sp³-hybridized carbons (Fsp3) is 0.222. The lowest BCUT2D eigenvalue weighted by Gasteiger charge is -2.05. The maximum atomic E-state index is 12.3. The molecule has 0 fully saturated rings. The van der Waals surface area contributed by atoms with Crippen molar-refractivity contribution in [2.75, 3.05) is 0 Å². The Kier molecular flexibility index (Phi) is 3.21. The maximum Gasteiger partial charge on any atom is 0.264 e. The van der Waals surface area contributed by atoms with E-state index in [-0.39, 0.29) is 12.0 Å². The molecule has 0 aromatic heterocycles. The van der Waals surface area contributed by atoms with Gasteiger partial charge in [-0.3, -0.25) is 0 Å². The molecule has 1 nitrogen and oxygen atoms in total. The van der Waals surface area contributed by atoms with Gasteiger partial charge in [0.2, 0.25) is 0 Å². The van der Waals surface area contributed by atoms with Gasteiger partial charge in [-0.1, -0.05) is 17.7 Å². The van der Waals surface area contributed by atoms with Crippen LogP contribution < -0.4 is 0 Å². The topological polar surface area (TPSA) is 23.8 Å². The summed E-state index contributed by atoms with van der Waals surface area (Å²) in [6.45, 7) is 0. The number of hydrogen-bond acceptors (Lipinski definition) is 1. The first-order chi connectivity index (χ1) is 6.15. The number of hydrogen-bond donors (Lipinski definition) is 0. The number of nitrogens with zero attached hydrogens (tertiary/aromatic N) is 1. The molecule has 4 heteroatoms. The van der Waals surface area contributed by atoms with E-state index in [0.717, 1.165) is 0 Å². The summed E-state index contributed by atoms with van der Waals surface area (Å²) in [4.78, 5) is 0. The summed E-state index contributed by atoms with van der Waals surface area (Å²) in [6.07, 6.45) is -2.60. The molecule has 0 aliphatic heterocycles. The van der Waals surface area contributed by atoms with Gasteiger partial charge in [0.1, 0.15) is 0 Å². The Morgan fingerprint density at radius 1 is 1.46 bits per heavy atom. The summed E-state index contributed by atoms with van der Waals surface area (Å²) in [5, 5.41) is 8.75. The monoisotopic (exact) mass is 201 g/mol. The minimum atomic E-state index is -2.55. The van der Waals surface area contributed by atoms with Crippen LogP contribution >= 0.6 is 11.6 Å². The molecule has 13 heavy (non-hydrogen) atoms. The third-order valence-electron chi connectivity index (χ3n) is 1.61. The largest absolute Gasteiger partial charge is 0.264 e. The number of halogens is 3. The Bertz CT molecular complexity index is 344. The van der Waals surface area contributed by atoms with Crippen molar-refractivity contribution < 1.29 is 8.78 Å².